The summed E-state index contributed by atoms with van der Waals surface area (Å²) in [6.07, 6.45) is 2.04. The molecule has 80 valence electrons. The van der Waals surface area contributed by atoms with Gasteiger partial charge in [0.2, 0.25) is 0 Å². The molecule has 0 aliphatic rings. The van der Waals surface area contributed by atoms with E-state index in [1.165, 1.54) is 0 Å². The molecule has 0 aliphatic carbocycles. The fourth-order valence-corrected chi connectivity index (χ4v) is 1.84. The zero-order chi connectivity index (χ0) is 10.9. The lowest BCUT2D eigenvalue weighted by atomic mass is 9.60. The number of hydrogen-bond donors (Lipinski definition) is 1. The maximum atomic E-state index is 10.6. The van der Waals surface area contributed by atoms with Gasteiger partial charge in [-0.2, -0.15) is 0 Å². The summed E-state index contributed by atoms with van der Waals surface area (Å²) in [5, 5.41) is 10.6. The Balaban J connectivity index is 5.00. The Hall–Kier alpha value is -0.0400. The molecule has 0 radical (unpaired) electrons. The highest BCUT2D eigenvalue weighted by Crippen LogP contribution is 2.47. The van der Waals surface area contributed by atoms with E-state index in [2.05, 4.69) is 41.5 Å². The molecule has 0 aliphatic heterocycles. The fraction of sp³-hybridized carbons (Fsp3) is 1.00. The minimum atomic E-state index is -0.608. The van der Waals surface area contributed by atoms with Crippen LogP contribution in [0.25, 0.3) is 0 Å². The van der Waals surface area contributed by atoms with Crippen molar-refractivity contribution in [2.75, 3.05) is 0 Å². The van der Waals surface area contributed by atoms with Gasteiger partial charge in [-0.05, 0) is 30.6 Å². The van der Waals surface area contributed by atoms with Crippen LogP contribution in [-0.2, 0) is 0 Å². The Bertz CT molecular complexity index is 158. The van der Waals surface area contributed by atoms with Gasteiger partial charge in [0, 0.05) is 0 Å². The van der Waals surface area contributed by atoms with Crippen molar-refractivity contribution >= 4 is 0 Å². The summed E-state index contributed by atoms with van der Waals surface area (Å²) in [6.45, 7) is 14.8. The van der Waals surface area contributed by atoms with E-state index < -0.39 is 5.60 Å². The van der Waals surface area contributed by atoms with Gasteiger partial charge >= 0.3 is 0 Å². The summed E-state index contributed by atoms with van der Waals surface area (Å²) in [5.74, 6) is 0. The summed E-state index contributed by atoms with van der Waals surface area (Å²) in [4.78, 5) is 0. The molecule has 0 heterocycles. The molecule has 0 spiro atoms. The summed E-state index contributed by atoms with van der Waals surface area (Å²) in [5.41, 5.74) is -0.650. The van der Waals surface area contributed by atoms with Crippen LogP contribution < -0.4 is 0 Å². The predicted octanol–water partition coefficient (Wildman–Crippen LogP) is 3.61. The largest absolute Gasteiger partial charge is 0.389 e. The molecule has 0 saturated heterocycles. The zero-order valence-corrected chi connectivity index (χ0v) is 10.4. The molecule has 1 atom stereocenters. The number of aliphatic hydroxyl groups is 1. The van der Waals surface area contributed by atoms with E-state index in [0.717, 1.165) is 12.8 Å². The smallest absolute Gasteiger partial charge is 0.0720 e. The van der Waals surface area contributed by atoms with Crippen LogP contribution in [0.2, 0.25) is 0 Å². The molecular formula is C12H26O. The number of hydrogen-bond acceptors (Lipinski definition) is 1. The normalized spacial score (nSPS) is 18.5. The van der Waals surface area contributed by atoms with Gasteiger partial charge in [0.25, 0.3) is 0 Å². The highest BCUT2D eigenvalue weighted by atomic mass is 16.3. The first-order chi connectivity index (χ1) is 5.62. The quantitative estimate of drug-likeness (QED) is 0.714. The van der Waals surface area contributed by atoms with Gasteiger partial charge in [-0.15, -0.1) is 0 Å². The van der Waals surface area contributed by atoms with Crippen LogP contribution in [0.4, 0.5) is 0 Å². The van der Waals surface area contributed by atoms with Crippen molar-refractivity contribution in [1.29, 1.82) is 0 Å². The lowest BCUT2D eigenvalue weighted by molar-refractivity contribution is -0.139. The molecule has 1 N–H and O–H groups in total. The highest BCUT2D eigenvalue weighted by Gasteiger charge is 2.48. The van der Waals surface area contributed by atoms with Crippen molar-refractivity contribution in [2.45, 2.75) is 66.9 Å². The van der Waals surface area contributed by atoms with Gasteiger partial charge in [0.15, 0.2) is 0 Å². The Labute approximate surface area is 83.5 Å². The van der Waals surface area contributed by atoms with Gasteiger partial charge in [0.1, 0.15) is 0 Å². The Morgan fingerprint density at radius 3 is 1.23 bits per heavy atom. The van der Waals surface area contributed by atoms with Gasteiger partial charge in [-0.3, -0.25) is 0 Å². The Kier molecular flexibility index (Phi) is 3.59. The highest BCUT2D eigenvalue weighted by molar-refractivity contribution is 4.98. The van der Waals surface area contributed by atoms with Crippen LogP contribution in [0.5, 0.6) is 0 Å². The van der Waals surface area contributed by atoms with E-state index >= 15 is 0 Å². The summed E-state index contributed by atoms with van der Waals surface area (Å²) in [6, 6.07) is 0. The third-order valence-electron chi connectivity index (χ3n) is 4.20. The van der Waals surface area contributed by atoms with E-state index in [1.54, 1.807) is 0 Å². The summed E-state index contributed by atoms with van der Waals surface area (Å²) in [7, 11) is 0. The first-order valence-corrected chi connectivity index (χ1v) is 5.34. The van der Waals surface area contributed by atoms with Crippen LogP contribution in [0, 0.1) is 10.8 Å². The second-order valence-corrected chi connectivity index (χ2v) is 5.59. The average molecular weight is 186 g/mol. The molecule has 0 aromatic rings. The molecule has 13 heavy (non-hydrogen) atoms. The molecule has 1 heteroatoms. The second kappa shape index (κ2) is 3.61. The standard InChI is InChI=1S/C12H26O/c1-8-11(6,9-2)12(7,13)10(3,4)5/h13H,8-9H2,1-7H3. The van der Waals surface area contributed by atoms with E-state index in [1.807, 2.05) is 6.92 Å². The Morgan fingerprint density at radius 1 is 0.846 bits per heavy atom. The van der Waals surface area contributed by atoms with Gasteiger partial charge in [-0.25, -0.2) is 0 Å². The predicted molar refractivity (Wildman–Crippen MR) is 58.8 cm³/mol. The minimum Gasteiger partial charge on any atom is -0.389 e. The molecule has 1 nitrogen and oxygen atoms in total. The average Bonchev–Trinajstić information content (AvgIpc) is 2.00. The molecule has 0 aromatic carbocycles. The molecule has 0 amide bonds. The molecule has 0 fully saturated rings. The lowest BCUT2D eigenvalue weighted by Crippen LogP contribution is -2.52. The second-order valence-electron chi connectivity index (χ2n) is 5.59. The Morgan fingerprint density at radius 2 is 1.15 bits per heavy atom. The van der Waals surface area contributed by atoms with Crippen LogP contribution >= 0.6 is 0 Å². The molecule has 0 rings (SSSR count). The molecule has 0 aromatic heterocycles. The van der Waals surface area contributed by atoms with Crippen LogP contribution in [0.15, 0.2) is 0 Å². The van der Waals surface area contributed by atoms with Crippen molar-refractivity contribution < 1.29 is 5.11 Å². The molecule has 1 unspecified atom stereocenters. The van der Waals surface area contributed by atoms with E-state index in [4.69, 9.17) is 0 Å². The summed E-state index contributed by atoms with van der Waals surface area (Å²) < 4.78 is 0. The lowest BCUT2D eigenvalue weighted by Gasteiger charge is -2.50. The van der Waals surface area contributed by atoms with E-state index in [0.29, 0.717) is 0 Å². The number of rotatable bonds is 3. The third-order valence-corrected chi connectivity index (χ3v) is 4.20. The van der Waals surface area contributed by atoms with Crippen molar-refractivity contribution in [3.05, 3.63) is 0 Å². The molecular weight excluding hydrogens is 160 g/mol. The van der Waals surface area contributed by atoms with Crippen LogP contribution in [-0.4, -0.2) is 10.7 Å². The maximum Gasteiger partial charge on any atom is 0.0720 e. The van der Waals surface area contributed by atoms with Gasteiger partial charge in [-0.1, -0.05) is 41.5 Å². The van der Waals surface area contributed by atoms with Crippen molar-refractivity contribution in [1.82, 2.24) is 0 Å². The topological polar surface area (TPSA) is 20.2 Å². The van der Waals surface area contributed by atoms with Crippen molar-refractivity contribution in [3.8, 4) is 0 Å². The fourth-order valence-electron chi connectivity index (χ4n) is 1.84. The molecule has 0 bridgehead atoms. The first kappa shape index (κ1) is 13.0. The zero-order valence-electron chi connectivity index (χ0n) is 10.4. The van der Waals surface area contributed by atoms with Crippen LogP contribution in [0.1, 0.15) is 61.3 Å². The monoisotopic (exact) mass is 186 g/mol. The molecule has 0 saturated carbocycles. The van der Waals surface area contributed by atoms with E-state index in [-0.39, 0.29) is 10.8 Å². The van der Waals surface area contributed by atoms with Crippen LogP contribution in [0.3, 0.4) is 0 Å². The van der Waals surface area contributed by atoms with E-state index in [9.17, 15) is 5.11 Å². The maximum absolute atomic E-state index is 10.6. The summed E-state index contributed by atoms with van der Waals surface area (Å²) >= 11 is 0. The van der Waals surface area contributed by atoms with Gasteiger partial charge in [0.05, 0.1) is 5.60 Å². The first-order valence-electron chi connectivity index (χ1n) is 5.34. The van der Waals surface area contributed by atoms with Crippen molar-refractivity contribution in [2.24, 2.45) is 10.8 Å². The van der Waals surface area contributed by atoms with Crippen molar-refractivity contribution in [3.63, 3.8) is 0 Å². The third kappa shape index (κ3) is 2.07. The minimum absolute atomic E-state index is 0.0191. The van der Waals surface area contributed by atoms with Gasteiger partial charge < -0.3 is 5.11 Å². The SMILES string of the molecule is CCC(C)(CC)C(C)(O)C(C)(C)C.